The average molecular weight is 370 g/mol. The molecule has 8 nitrogen and oxygen atoms in total. The van der Waals surface area contributed by atoms with Crippen LogP contribution in [0.1, 0.15) is 11.3 Å². The van der Waals surface area contributed by atoms with E-state index in [1.807, 2.05) is 25.1 Å². The number of hydrogen-bond donors (Lipinski definition) is 2. The number of nitrogens with two attached hydrogens (primary N) is 1. The molecule has 28 heavy (non-hydrogen) atoms. The molecule has 0 saturated carbocycles. The van der Waals surface area contributed by atoms with Crippen molar-refractivity contribution in [3.8, 4) is 23.4 Å². The molecule has 0 unspecified atom stereocenters. The SMILES string of the molecule is CB(O)n1c(-c2nc(C#CCN)cnc2B=NC=C=O)nc2ccc(C)cc21. The molecule has 0 radical (unpaired) electrons. The first-order valence-corrected chi connectivity index (χ1v) is 8.50. The van der Waals surface area contributed by atoms with Gasteiger partial charge in [-0.05, 0) is 0 Å². The predicted molar refractivity (Wildman–Crippen MR) is 109 cm³/mol. The minimum absolute atomic E-state index is 0.190. The summed E-state index contributed by atoms with van der Waals surface area (Å²) in [6.07, 6.45) is 2.46. The fourth-order valence-corrected chi connectivity index (χ4v) is 2.75. The Morgan fingerprint density at radius 2 is 2.25 bits per heavy atom. The number of imidazole rings is 1. The molecule has 136 valence electrons. The molecule has 2 heterocycles. The van der Waals surface area contributed by atoms with Crippen LogP contribution in [0.25, 0.3) is 22.6 Å². The standard InChI is InChI=1S/C18H16B2N6O2/c1-12-5-6-14-15(10-12)26(20(2)28)18(25-14)16-17(19-23-8-9-27)22-11-13(24-16)4-3-7-21/h5-6,8,10-11,28H,7,21H2,1-2H3. The van der Waals surface area contributed by atoms with Gasteiger partial charge in [-0.2, -0.15) is 0 Å². The Kier molecular flexibility index (Phi) is 5.92. The summed E-state index contributed by atoms with van der Waals surface area (Å²) in [7, 11) is 0.520. The summed E-state index contributed by atoms with van der Waals surface area (Å²) < 4.78 is 1.67. The van der Waals surface area contributed by atoms with Gasteiger partial charge in [-0.15, -0.1) is 0 Å². The summed E-state index contributed by atoms with van der Waals surface area (Å²) in [5.74, 6) is 7.56. The summed E-state index contributed by atoms with van der Waals surface area (Å²) >= 11 is 0. The molecule has 2 aromatic heterocycles. The number of carbonyl (C=O) groups excluding carboxylic acids is 1. The number of fused-ring (bicyclic) bond motifs is 1. The summed E-state index contributed by atoms with van der Waals surface area (Å²) in [6.45, 7) is 3.79. The number of aryl methyl sites for hydroxylation is 1. The Morgan fingerprint density at radius 3 is 2.96 bits per heavy atom. The fourth-order valence-electron chi connectivity index (χ4n) is 2.75. The van der Waals surface area contributed by atoms with E-state index in [9.17, 15) is 9.82 Å². The minimum atomic E-state index is -0.859. The molecule has 0 aliphatic heterocycles. The number of aromatic nitrogens is 4. The second kappa shape index (κ2) is 8.55. The van der Waals surface area contributed by atoms with Crippen molar-refractivity contribution in [2.45, 2.75) is 13.7 Å². The Balaban J connectivity index is 2.31. The maximum absolute atomic E-state index is 10.4. The van der Waals surface area contributed by atoms with Crippen molar-refractivity contribution in [2.24, 2.45) is 10.6 Å². The van der Waals surface area contributed by atoms with Crippen molar-refractivity contribution < 1.29 is 9.82 Å². The summed E-state index contributed by atoms with van der Waals surface area (Å²) in [5, 5.41) is 10.4. The van der Waals surface area contributed by atoms with Gasteiger partial charge in [-0.25, -0.2) is 0 Å². The van der Waals surface area contributed by atoms with E-state index < -0.39 is 7.05 Å². The third-order valence-electron chi connectivity index (χ3n) is 3.87. The molecular formula is C18H16B2N6O2. The molecule has 10 heteroatoms. The number of benzene rings is 1. The Hall–Kier alpha value is -3.37. The molecule has 3 N–H and O–H groups in total. The molecule has 0 amide bonds. The van der Waals surface area contributed by atoms with E-state index in [-0.39, 0.29) is 6.54 Å². The number of hydrogen-bond acceptors (Lipinski definition) is 7. The van der Waals surface area contributed by atoms with Crippen LogP contribution in [0.4, 0.5) is 0 Å². The van der Waals surface area contributed by atoms with Crippen LogP contribution in [-0.4, -0.2) is 51.1 Å². The van der Waals surface area contributed by atoms with Gasteiger partial charge in [0.1, 0.15) is 0 Å². The predicted octanol–water partition coefficient (Wildman–Crippen LogP) is -0.0713. The van der Waals surface area contributed by atoms with Crippen molar-refractivity contribution in [1.82, 2.24) is 19.4 Å². The molecule has 0 aliphatic carbocycles. The molecule has 0 fully saturated rings. The quantitative estimate of drug-likeness (QED) is 0.377. The average Bonchev–Trinajstić information content (AvgIpc) is 3.05. The van der Waals surface area contributed by atoms with Crippen LogP contribution < -0.4 is 11.3 Å². The maximum atomic E-state index is 10.4. The van der Waals surface area contributed by atoms with Crippen molar-refractivity contribution in [2.75, 3.05) is 6.54 Å². The van der Waals surface area contributed by atoms with Crippen LogP contribution in [0.3, 0.4) is 0 Å². The second-order valence-corrected chi connectivity index (χ2v) is 5.95. The second-order valence-electron chi connectivity index (χ2n) is 5.95. The van der Waals surface area contributed by atoms with Gasteiger partial charge in [0.25, 0.3) is 0 Å². The fraction of sp³-hybridized carbons (Fsp3) is 0.167. The zero-order valence-electron chi connectivity index (χ0n) is 15.4. The van der Waals surface area contributed by atoms with Gasteiger partial charge in [0.15, 0.2) is 0 Å². The summed E-state index contributed by atoms with van der Waals surface area (Å²) in [4.78, 5) is 27.7. The monoisotopic (exact) mass is 370 g/mol. The van der Waals surface area contributed by atoms with Crippen molar-refractivity contribution >= 4 is 36.7 Å². The van der Waals surface area contributed by atoms with Crippen LogP contribution in [0.2, 0.25) is 6.82 Å². The van der Waals surface area contributed by atoms with Gasteiger partial charge in [-0.1, -0.05) is 0 Å². The first-order chi connectivity index (χ1) is 13.5. The topological polar surface area (TPSA) is 119 Å². The van der Waals surface area contributed by atoms with Crippen LogP contribution in [0, 0.1) is 18.8 Å². The van der Waals surface area contributed by atoms with Crippen LogP contribution in [0.5, 0.6) is 0 Å². The van der Waals surface area contributed by atoms with E-state index in [1.54, 1.807) is 17.2 Å². The number of nitrogens with zero attached hydrogens (tertiary/aromatic N) is 5. The molecular weight excluding hydrogens is 354 g/mol. The van der Waals surface area contributed by atoms with Crippen LogP contribution >= 0.6 is 0 Å². The normalized spacial score (nSPS) is 10.3. The van der Waals surface area contributed by atoms with Gasteiger partial charge in [0, 0.05) is 0 Å². The zero-order chi connectivity index (χ0) is 20.1. The molecule has 1 aromatic carbocycles. The molecule has 0 atom stereocenters. The number of rotatable bonds is 4. The van der Waals surface area contributed by atoms with E-state index in [1.165, 1.54) is 13.3 Å². The third kappa shape index (κ3) is 3.97. The molecule has 0 spiro atoms. The third-order valence-corrected chi connectivity index (χ3v) is 3.87. The molecule has 0 aliphatic rings. The van der Waals surface area contributed by atoms with Crippen LogP contribution in [-0.2, 0) is 4.79 Å². The van der Waals surface area contributed by atoms with E-state index in [4.69, 9.17) is 5.73 Å². The molecule has 0 bridgehead atoms. The van der Waals surface area contributed by atoms with Crippen molar-refractivity contribution in [1.29, 1.82) is 0 Å². The molecule has 3 aromatic rings. The van der Waals surface area contributed by atoms with Gasteiger partial charge in [-0.3, -0.25) is 0 Å². The summed E-state index contributed by atoms with van der Waals surface area (Å²) in [6, 6.07) is 5.76. The first kappa shape index (κ1) is 19.4. The Labute approximate surface area is 162 Å². The first-order valence-electron chi connectivity index (χ1n) is 8.50. The van der Waals surface area contributed by atoms with E-state index >= 15 is 0 Å². The van der Waals surface area contributed by atoms with Crippen LogP contribution in [0.15, 0.2) is 35.5 Å². The zero-order valence-corrected chi connectivity index (χ0v) is 15.4. The van der Waals surface area contributed by atoms with Gasteiger partial charge in [0.05, 0.1) is 0 Å². The van der Waals surface area contributed by atoms with E-state index in [0.717, 1.165) is 17.3 Å². The van der Waals surface area contributed by atoms with E-state index in [0.29, 0.717) is 28.3 Å². The Morgan fingerprint density at radius 1 is 1.43 bits per heavy atom. The van der Waals surface area contributed by atoms with Gasteiger partial charge >= 0.3 is 162 Å². The van der Waals surface area contributed by atoms with Crippen molar-refractivity contribution in [3.63, 3.8) is 0 Å². The molecule has 3 rings (SSSR count). The molecule has 0 saturated heterocycles. The van der Waals surface area contributed by atoms with Gasteiger partial charge in [0.2, 0.25) is 0 Å². The van der Waals surface area contributed by atoms with E-state index in [2.05, 4.69) is 31.7 Å². The summed E-state index contributed by atoms with van der Waals surface area (Å²) in [5.41, 5.74) is 9.09. The Bertz CT molecular complexity index is 1170. The van der Waals surface area contributed by atoms with Crippen molar-refractivity contribution in [3.05, 3.63) is 41.9 Å². The van der Waals surface area contributed by atoms with Gasteiger partial charge < -0.3 is 0 Å².